The van der Waals surface area contributed by atoms with E-state index in [0.717, 1.165) is 6.26 Å². The van der Waals surface area contributed by atoms with Crippen LogP contribution in [0.15, 0.2) is 22.7 Å². The maximum atomic E-state index is 13.2. The van der Waals surface area contributed by atoms with E-state index >= 15 is 0 Å². The van der Waals surface area contributed by atoms with Crippen molar-refractivity contribution >= 4 is 25.8 Å². The van der Waals surface area contributed by atoms with Crippen LogP contribution in [0.1, 0.15) is 12.5 Å². The van der Waals surface area contributed by atoms with Crippen molar-refractivity contribution in [3.05, 3.63) is 34.1 Å². The lowest BCUT2D eigenvalue weighted by molar-refractivity contribution is 0.493. The molecule has 0 spiro atoms. The summed E-state index contributed by atoms with van der Waals surface area (Å²) in [6.07, 6.45) is 1.49. The molecule has 0 aliphatic carbocycles. The normalized spacial score (nSPS) is 15.4. The van der Waals surface area contributed by atoms with Crippen LogP contribution in [0.3, 0.4) is 0 Å². The fourth-order valence-electron chi connectivity index (χ4n) is 1.64. The van der Waals surface area contributed by atoms with Crippen LogP contribution in [0.4, 0.5) is 4.39 Å². The predicted octanol–water partition coefficient (Wildman–Crippen LogP) is 1.40. The summed E-state index contributed by atoms with van der Waals surface area (Å²) in [5, 5.41) is -0.649. The third kappa shape index (κ3) is 4.31. The van der Waals surface area contributed by atoms with Gasteiger partial charge in [0.25, 0.3) is 0 Å². The van der Waals surface area contributed by atoms with E-state index in [1.54, 1.807) is 13.0 Å². The molecule has 0 amide bonds. The molecular formula is C11H16BrFN2O2S. The molecule has 0 radical (unpaired) electrons. The van der Waals surface area contributed by atoms with Gasteiger partial charge in [0.15, 0.2) is 9.84 Å². The molecule has 0 fully saturated rings. The highest BCUT2D eigenvalue weighted by molar-refractivity contribution is 9.10. The summed E-state index contributed by atoms with van der Waals surface area (Å²) in [7, 11) is -3.20. The fourth-order valence-corrected chi connectivity index (χ4v) is 2.93. The molecule has 0 aromatic heterocycles. The number of hydrogen-bond donors (Lipinski definition) is 2. The van der Waals surface area contributed by atoms with Gasteiger partial charge in [-0.25, -0.2) is 12.8 Å². The van der Waals surface area contributed by atoms with Gasteiger partial charge in [-0.15, -0.1) is 0 Å². The van der Waals surface area contributed by atoms with Crippen molar-refractivity contribution < 1.29 is 12.8 Å². The quantitative estimate of drug-likeness (QED) is 0.628. The third-order valence-corrected chi connectivity index (χ3v) is 4.97. The largest absolute Gasteiger partial charge is 0.271 e. The van der Waals surface area contributed by atoms with Gasteiger partial charge in [-0.2, -0.15) is 0 Å². The molecule has 0 aliphatic rings. The Morgan fingerprint density at radius 1 is 1.44 bits per heavy atom. The van der Waals surface area contributed by atoms with Crippen LogP contribution in [0.2, 0.25) is 0 Å². The minimum atomic E-state index is -3.20. The number of hydrogen-bond acceptors (Lipinski definition) is 4. The monoisotopic (exact) mass is 338 g/mol. The SMILES string of the molecule is CC(C(Cc1cc(F)cc(Br)c1)NN)S(C)(=O)=O. The lowest BCUT2D eigenvalue weighted by atomic mass is 10.0. The lowest BCUT2D eigenvalue weighted by Crippen LogP contribution is -2.47. The Labute approximate surface area is 115 Å². The predicted molar refractivity (Wildman–Crippen MR) is 73.2 cm³/mol. The first-order valence-electron chi connectivity index (χ1n) is 5.34. The van der Waals surface area contributed by atoms with Gasteiger partial charge in [0.05, 0.1) is 5.25 Å². The zero-order valence-corrected chi connectivity index (χ0v) is 12.6. The second-order valence-electron chi connectivity index (χ2n) is 4.29. The average molecular weight is 339 g/mol. The van der Waals surface area contributed by atoms with E-state index in [0.29, 0.717) is 16.5 Å². The van der Waals surface area contributed by atoms with Crippen molar-refractivity contribution in [3.63, 3.8) is 0 Å². The summed E-state index contributed by atoms with van der Waals surface area (Å²) in [5.41, 5.74) is 3.16. The molecule has 4 nitrogen and oxygen atoms in total. The van der Waals surface area contributed by atoms with Crippen molar-refractivity contribution in [3.8, 4) is 0 Å². The van der Waals surface area contributed by atoms with Gasteiger partial charge in [0.2, 0.25) is 0 Å². The van der Waals surface area contributed by atoms with Crippen molar-refractivity contribution in [2.24, 2.45) is 5.84 Å². The van der Waals surface area contributed by atoms with E-state index in [-0.39, 0.29) is 5.82 Å². The van der Waals surface area contributed by atoms with Crippen molar-refractivity contribution in [1.82, 2.24) is 5.43 Å². The number of nitrogens with one attached hydrogen (secondary N) is 1. The summed E-state index contributed by atoms with van der Waals surface area (Å²) in [4.78, 5) is 0. The molecule has 0 aliphatic heterocycles. The Hall–Kier alpha value is -0.500. The first-order valence-corrected chi connectivity index (χ1v) is 8.08. The molecule has 2 unspecified atom stereocenters. The molecule has 1 aromatic carbocycles. The summed E-state index contributed by atoms with van der Waals surface area (Å²) < 4.78 is 36.8. The molecule has 1 rings (SSSR count). The summed E-state index contributed by atoms with van der Waals surface area (Å²) >= 11 is 3.19. The van der Waals surface area contributed by atoms with Gasteiger partial charge in [-0.1, -0.05) is 15.9 Å². The standard InChI is InChI=1S/C11H16BrFN2O2S/c1-7(18(2,16)17)11(15-14)5-8-3-9(12)6-10(13)4-8/h3-4,6-7,11,15H,5,14H2,1-2H3. The molecule has 7 heteroatoms. The lowest BCUT2D eigenvalue weighted by Gasteiger charge is -2.22. The second kappa shape index (κ2) is 6.10. The van der Waals surface area contributed by atoms with E-state index in [9.17, 15) is 12.8 Å². The van der Waals surface area contributed by atoms with Gasteiger partial charge in [0.1, 0.15) is 5.82 Å². The Morgan fingerprint density at radius 3 is 2.50 bits per heavy atom. The number of nitrogens with two attached hydrogens (primary N) is 1. The second-order valence-corrected chi connectivity index (χ2v) is 7.61. The number of sulfone groups is 1. The van der Waals surface area contributed by atoms with Gasteiger partial charge >= 0.3 is 0 Å². The zero-order chi connectivity index (χ0) is 13.9. The molecule has 102 valence electrons. The average Bonchev–Trinajstić information content (AvgIpc) is 2.22. The maximum absolute atomic E-state index is 13.2. The number of halogens is 2. The smallest absolute Gasteiger partial charge is 0.151 e. The summed E-state index contributed by atoms with van der Waals surface area (Å²) in [6.45, 7) is 1.58. The highest BCUT2D eigenvalue weighted by Gasteiger charge is 2.25. The first kappa shape index (κ1) is 15.6. The van der Waals surface area contributed by atoms with Crippen LogP contribution in [0.5, 0.6) is 0 Å². The molecule has 0 saturated heterocycles. The molecule has 2 atom stereocenters. The summed E-state index contributed by atoms with van der Waals surface area (Å²) in [5.74, 6) is 5.00. The number of rotatable bonds is 5. The van der Waals surface area contributed by atoms with Crippen LogP contribution in [0, 0.1) is 5.82 Å². The molecule has 1 aromatic rings. The molecule has 3 N–H and O–H groups in total. The van der Waals surface area contributed by atoms with Gasteiger partial charge in [-0.05, 0) is 37.1 Å². The molecule has 0 heterocycles. The first-order chi connectivity index (χ1) is 8.24. The van der Waals surface area contributed by atoms with Crippen LogP contribution in [-0.2, 0) is 16.3 Å². The van der Waals surface area contributed by atoms with Crippen LogP contribution >= 0.6 is 15.9 Å². The number of hydrazine groups is 1. The van der Waals surface area contributed by atoms with Crippen LogP contribution in [0.25, 0.3) is 0 Å². The zero-order valence-electron chi connectivity index (χ0n) is 10.2. The minimum Gasteiger partial charge on any atom is -0.271 e. The molecule has 0 bridgehead atoms. The molecular weight excluding hydrogens is 323 g/mol. The maximum Gasteiger partial charge on any atom is 0.151 e. The van der Waals surface area contributed by atoms with Gasteiger partial charge < -0.3 is 0 Å². The molecule has 0 saturated carbocycles. The minimum absolute atomic E-state index is 0.334. The van der Waals surface area contributed by atoms with E-state index in [1.165, 1.54) is 12.1 Å². The van der Waals surface area contributed by atoms with Crippen molar-refractivity contribution in [2.45, 2.75) is 24.6 Å². The van der Waals surface area contributed by atoms with E-state index in [1.807, 2.05) is 0 Å². The van der Waals surface area contributed by atoms with E-state index in [2.05, 4.69) is 21.4 Å². The molecule has 18 heavy (non-hydrogen) atoms. The van der Waals surface area contributed by atoms with E-state index in [4.69, 9.17) is 5.84 Å². The van der Waals surface area contributed by atoms with Crippen molar-refractivity contribution in [1.29, 1.82) is 0 Å². The van der Waals surface area contributed by atoms with Crippen LogP contribution < -0.4 is 11.3 Å². The fraction of sp³-hybridized carbons (Fsp3) is 0.455. The van der Waals surface area contributed by atoms with Gasteiger partial charge in [-0.3, -0.25) is 11.3 Å². The number of benzene rings is 1. The topological polar surface area (TPSA) is 72.2 Å². The van der Waals surface area contributed by atoms with E-state index < -0.39 is 21.1 Å². The Morgan fingerprint density at radius 2 is 2.06 bits per heavy atom. The van der Waals surface area contributed by atoms with Crippen LogP contribution in [-0.4, -0.2) is 26.0 Å². The van der Waals surface area contributed by atoms with Crippen molar-refractivity contribution in [2.75, 3.05) is 6.26 Å². The summed E-state index contributed by atoms with van der Waals surface area (Å²) in [6, 6.07) is 3.98. The third-order valence-electron chi connectivity index (χ3n) is 2.83. The van der Waals surface area contributed by atoms with Gasteiger partial charge in [0, 0.05) is 16.8 Å². The highest BCUT2D eigenvalue weighted by Crippen LogP contribution is 2.18. The Balaban J connectivity index is 2.93. The Bertz CT molecular complexity index is 502. The highest BCUT2D eigenvalue weighted by atomic mass is 79.9. The Kier molecular flexibility index (Phi) is 5.27.